The minimum absolute atomic E-state index is 0.546. The quantitative estimate of drug-likeness (QED) is 0.308. The van der Waals surface area contributed by atoms with E-state index in [0.717, 1.165) is 37.6 Å². The van der Waals surface area contributed by atoms with Crippen LogP contribution in [0.4, 0.5) is 0 Å². The minimum atomic E-state index is 0.546. The number of aryl methyl sites for hydroxylation is 1. The third-order valence-corrected chi connectivity index (χ3v) is 5.11. The predicted octanol–water partition coefficient (Wildman–Crippen LogP) is 5.67. The van der Waals surface area contributed by atoms with E-state index in [4.69, 9.17) is 28.2 Å². The SMILES string of the molecule is ClCCc1nc2cc(I)ccc2n1-c1ccc(Cl)cc1I. The molecule has 0 saturated heterocycles. The molecule has 3 rings (SSSR count). The molecule has 2 aromatic carbocycles. The molecule has 1 heterocycles. The van der Waals surface area contributed by atoms with E-state index in [1.54, 1.807) is 0 Å². The summed E-state index contributed by atoms with van der Waals surface area (Å²) in [6, 6.07) is 12.2. The molecule has 0 radical (unpaired) electrons. The van der Waals surface area contributed by atoms with Crippen LogP contribution < -0.4 is 0 Å². The molecule has 6 heteroatoms. The Morgan fingerprint density at radius 3 is 2.62 bits per heavy atom. The maximum absolute atomic E-state index is 6.07. The van der Waals surface area contributed by atoms with Crippen molar-refractivity contribution in [1.29, 1.82) is 0 Å². The molecular formula is C15H10Cl2I2N2. The highest BCUT2D eigenvalue weighted by Gasteiger charge is 2.14. The van der Waals surface area contributed by atoms with Crippen LogP contribution in [0.15, 0.2) is 36.4 Å². The summed E-state index contributed by atoms with van der Waals surface area (Å²) < 4.78 is 4.44. The maximum Gasteiger partial charge on any atom is 0.115 e. The fourth-order valence-electron chi connectivity index (χ4n) is 2.29. The number of hydrogen-bond acceptors (Lipinski definition) is 1. The van der Waals surface area contributed by atoms with E-state index in [-0.39, 0.29) is 0 Å². The van der Waals surface area contributed by atoms with Crippen molar-refractivity contribution in [3.8, 4) is 5.69 Å². The molecule has 0 bridgehead atoms. The van der Waals surface area contributed by atoms with Crippen molar-refractivity contribution in [2.24, 2.45) is 0 Å². The summed E-state index contributed by atoms with van der Waals surface area (Å²) in [6.45, 7) is 0. The largest absolute Gasteiger partial charge is 0.295 e. The number of benzene rings is 2. The zero-order valence-electron chi connectivity index (χ0n) is 10.8. The van der Waals surface area contributed by atoms with Gasteiger partial charge in [-0.25, -0.2) is 4.98 Å². The molecule has 3 aromatic rings. The minimum Gasteiger partial charge on any atom is -0.295 e. The average molecular weight is 543 g/mol. The van der Waals surface area contributed by atoms with Crippen LogP contribution in [0.2, 0.25) is 5.02 Å². The highest BCUT2D eigenvalue weighted by molar-refractivity contribution is 14.1. The van der Waals surface area contributed by atoms with Gasteiger partial charge < -0.3 is 0 Å². The fraction of sp³-hybridized carbons (Fsp3) is 0.133. The summed E-state index contributed by atoms with van der Waals surface area (Å²) >= 11 is 16.6. The Balaban J connectivity index is 2.30. The van der Waals surface area contributed by atoms with Gasteiger partial charge in [-0.15, -0.1) is 11.6 Å². The third-order valence-electron chi connectivity index (χ3n) is 3.15. The number of alkyl halides is 1. The molecule has 0 saturated carbocycles. The van der Waals surface area contributed by atoms with E-state index in [1.807, 2.05) is 18.2 Å². The van der Waals surface area contributed by atoms with Crippen molar-refractivity contribution in [3.05, 3.63) is 54.4 Å². The van der Waals surface area contributed by atoms with Crippen LogP contribution in [0.1, 0.15) is 5.82 Å². The highest BCUT2D eigenvalue weighted by Crippen LogP contribution is 2.28. The Kier molecular flexibility index (Phi) is 4.97. The van der Waals surface area contributed by atoms with Crippen LogP contribution in [0.3, 0.4) is 0 Å². The number of halogens is 4. The van der Waals surface area contributed by atoms with Gasteiger partial charge in [0.15, 0.2) is 0 Å². The van der Waals surface area contributed by atoms with Gasteiger partial charge in [0.05, 0.1) is 16.7 Å². The first-order chi connectivity index (χ1) is 10.1. The van der Waals surface area contributed by atoms with Crippen molar-refractivity contribution < 1.29 is 0 Å². The molecule has 108 valence electrons. The first kappa shape index (κ1) is 15.8. The predicted molar refractivity (Wildman–Crippen MR) is 106 cm³/mol. The Bertz CT molecular complexity index is 815. The van der Waals surface area contributed by atoms with Crippen molar-refractivity contribution in [2.45, 2.75) is 6.42 Å². The molecule has 0 N–H and O–H groups in total. The van der Waals surface area contributed by atoms with Gasteiger partial charge in [0.2, 0.25) is 0 Å². The summed E-state index contributed by atoms with van der Waals surface area (Å²) in [4.78, 5) is 4.74. The van der Waals surface area contributed by atoms with E-state index in [9.17, 15) is 0 Å². The number of hydrogen-bond donors (Lipinski definition) is 0. The number of imidazole rings is 1. The summed E-state index contributed by atoms with van der Waals surface area (Å²) in [6.07, 6.45) is 0.728. The Morgan fingerprint density at radius 1 is 1.10 bits per heavy atom. The van der Waals surface area contributed by atoms with Gasteiger partial charge in [0, 0.05) is 24.5 Å². The smallest absolute Gasteiger partial charge is 0.115 e. The molecule has 21 heavy (non-hydrogen) atoms. The molecule has 0 unspecified atom stereocenters. The van der Waals surface area contributed by atoms with Gasteiger partial charge >= 0.3 is 0 Å². The van der Waals surface area contributed by atoms with E-state index >= 15 is 0 Å². The van der Waals surface area contributed by atoms with E-state index < -0.39 is 0 Å². The lowest BCUT2D eigenvalue weighted by molar-refractivity contribution is 0.909. The molecule has 0 aliphatic heterocycles. The van der Waals surface area contributed by atoms with Gasteiger partial charge in [-0.3, -0.25) is 4.57 Å². The van der Waals surface area contributed by atoms with Crippen molar-refractivity contribution in [2.75, 3.05) is 5.88 Å². The van der Waals surface area contributed by atoms with Gasteiger partial charge in [-0.1, -0.05) is 11.6 Å². The molecule has 1 aromatic heterocycles. The molecule has 0 atom stereocenters. The van der Waals surface area contributed by atoms with Crippen LogP contribution in [0.25, 0.3) is 16.7 Å². The number of rotatable bonds is 3. The average Bonchev–Trinajstić information content (AvgIpc) is 2.76. The topological polar surface area (TPSA) is 17.8 Å². The molecule has 0 fully saturated rings. The molecule has 2 nitrogen and oxygen atoms in total. The maximum atomic E-state index is 6.07. The van der Waals surface area contributed by atoms with Gasteiger partial charge in [0.25, 0.3) is 0 Å². The Labute approximate surface area is 160 Å². The Morgan fingerprint density at radius 2 is 1.90 bits per heavy atom. The summed E-state index contributed by atoms with van der Waals surface area (Å²) in [5.74, 6) is 1.52. The van der Waals surface area contributed by atoms with E-state index in [1.165, 1.54) is 3.57 Å². The standard InChI is InChI=1S/C15H10Cl2I2N2/c16-6-5-15-20-12-8-10(18)2-4-14(12)21(15)13-3-1-9(17)7-11(13)19/h1-4,7-8H,5-6H2. The van der Waals surface area contributed by atoms with Gasteiger partial charge in [0.1, 0.15) is 5.82 Å². The first-order valence-electron chi connectivity index (χ1n) is 6.28. The third kappa shape index (κ3) is 3.18. The summed E-state index contributed by atoms with van der Waals surface area (Å²) in [5.41, 5.74) is 3.17. The van der Waals surface area contributed by atoms with Crippen LogP contribution in [0, 0.1) is 7.14 Å². The zero-order valence-corrected chi connectivity index (χ0v) is 16.6. The summed E-state index contributed by atoms with van der Waals surface area (Å²) in [5, 5.41) is 0.737. The lowest BCUT2D eigenvalue weighted by Gasteiger charge is -2.11. The molecule has 0 amide bonds. The van der Waals surface area contributed by atoms with E-state index in [0.29, 0.717) is 5.88 Å². The second-order valence-corrected chi connectivity index (χ2v) is 7.75. The lowest BCUT2D eigenvalue weighted by Crippen LogP contribution is -2.04. The van der Waals surface area contributed by atoms with E-state index in [2.05, 4.69) is 67.9 Å². The second-order valence-electron chi connectivity index (χ2n) is 4.53. The second kappa shape index (κ2) is 6.60. The van der Waals surface area contributed by atoms with Crippen LogP contribution >= 0.6 is 68.4 Å². The summed E-state index contributed by atoms with van der Waals surface area (Å²) in [7, 11) is 0. The van der Waals surface area contributed by atoms with Gasteiger partial charge in [-0.05, 0) is 81.6 Å². The van der Waals surface area contributed by atoms with Crippen molar-refractivity contribution in [1.82, 2.24) is 9.55 Å². The Hall–Kier alpha value is -0.0500. The first-order valence-corrected chi connectivity index (χ1v) is 9.35. The monoisotopic (exact) mass is 542 g/mol. The van der Waals surface area contributed by atoms with Crippen LogP contribution in [-0.4, -0.2) is 15.4 Å². The van der Waals surface area contributed by atoms with Gasteiger partial charge in [-0.2, -0.15) is 0 Å². The highest BCUT2D eigenvalue weighted by atomic mass is 127. The molecular weight excluding hydrogens is 533 g/mol. The van der Waals surface area contributed by atoms with Crippen LogP contribution in [-0.2, 0) is 6.42 Å². The molecule has 0 aliphatic carbocycles. The molecule has 0 spiro atoms. The van der Waals surface area contributed by atoms with Crippen molar-refractivity contribution in [3.63, 3.8) is 0 Å². The normalized spacial score (nSPS) is 11.2. The number of fused-ring (bicyclic) bond motifs is 1. The lowest BCUT2D eigenvalue weighted by atomic mass is 10.2. The molecule has 0 aliphatic rings. The van der Waals surface area contributed by atoms with Crippen molar-refractivity contribution >= 4 is 79.4 Å². The fourth-order valence-corrected chi connectivity index (χ4v) is 4.04. The number of nitrogens with zero attached hydrogens (tertiary/aromatic N) is 2. The zero-order chi connectivity index (χ0) is 15.0. The van der Waals surface area contributed by atoms with Crippen LogP contribution in [0.5, 0.6) is 0 Å². The number of aromatic nitrogens is 2.